The number of aliphatic hydroxyl groups is 1. The molecule has 0 radical (unpaired) electrons. The van der Waals surface area contributed by atoms with E-state index in [1.54, 1.807) is 0 Å². The van der Waals surface area contributed by atoms with Gasteiger partial charge in [0, 0.05) is 19.6 Å². The summed E-state index contributed by atoms with van der Waals surface area (Å²) in [6.07, 6.45) is 0.814. The van der Waals surface area contributed by atoms with Gasteiger partial charge in [0.15, 0.2) is 5.96 Å². The monoisotopic (exact) mass is 307 g/mol. The normalized spacial score (nSPS) is 15.1. The molecule has 1 aliphatic heterocycles. The number of hydrogen-bond acceptors (Lipinski definition) is 5. The van der Waals surface area contributed by atoms with E-state index in [0.717, 1.165) is 46.3 Å². The van der Waals surface area contributed by atoms with Gasteiger partial charge < -0.3 is 15.3 Å². The third-order valence-corrected chi connectivity index (χ3v) is 4.27. The summed E-state index contributed by atoms with van der Waals surface area (Å²) in [6.45, 7) is 3.18. The van der Waals surface area contributed by atoms with Gasteiger partial charge in [-0.15, -0.1) is 11.3 Å². The molecule has 0 saturated heterocycles. The molecule has 7 heteroatoms. The van der Waals surface area contributed by atoms with Crippen LogP contribution in [0.2, 0.25) is 8.67 Å². The van der Waals surface area contributed by atoms with E-state index in [-0.39, 0.29) is 6.61 Å². The van der Waals surface area contributed by atoms with Gasteiger partial charge in [0.05, 0.1) is 21.8 Å². The fourth-order valence-electron chi connectivity index (χ4n) is 1.84. The van der Waals surface area contributed by atoms with Crippen LogP contribution in [0.25, 0.3) is 0 Å². The highest BCUT2D eigenvalue weighted by atomic mass is 35.5. The first-order valence-electron chi connectivity index (χ1n) is 5.78. The highest BCUT2D eigenvalue weighted by molar-refractivity contribution is 7.20. The number of rotatable bonds is 5. The number of aliphatic hydroxyl groups excluding tert-OH is 1. The first kappa shape index (κ1) is 13.9. The molecule has 0 aromatic carbocycles. The second-order valence-corrected chi connectivity index (χ2v) is 6.23. The van der Waals surface area contributed by atoms with E-state index in [4.69, 9.17) is 28.3 Å². The fourth-order valence-corrected chi connectivity index (χ4v) is 3.39. The summed E-state index contributed by atoms with van der Waals surface area (Å²) in [5.74, 6) is 0.862. The van der Waals surface area contributed by atoms with Crippen LogP contribution in [0.5, 0.6) is 0 Å². The number of aliphatic imine (C=N–C) groups is 1. The molecular formula is C11H15Cl2N3OS. The van der Waals surface area contributed by atoms with Crippen molar-refractivity contribution in [3.8, 4) is 0 Å². The Morgan fingerprint density at radius 1 is 1.50 bits per heavy atom. The minimum absolute atomic E-state index is 0.146. The predicted molar refractivity (Wildman–Crippen MR) is 77.0 cm³/mol. The molecule has 0 amide bonds. The van der Waals surface area contributed by atoms with Crippen molar-refractivity contribution in [2.45, 2.75) is 6.42 Å². The van der Waals surface area contributed by atoms with Gasteiger partial charge in [0.25, 0.3) is 0 Å². The Hall–Kier alpha value is -0.490. The van der Waals surface area contributed by atoms with Crippen molar-refractivity contribution in [3.63, 3.8) is 0 Å². The van der Waals surface area contributed by atoms with E-state index in [1.165, 1.54) is 11.3 Å². The Morgan fingerprint density at radius 2 is 2.33 bits per heavy atom. The van der Waals surface area contributed by atoms with Crippen LogP contribution >= 0.6 is 34.5 Å². The van der Waals surface area contributed by atoms with Crippen LogP contribution in [0.4, 0.5) is 0 Å². The molecule has 4 nitrogen and oxygen atoms in total. The minimum Gasteiger partial charge on any atom is -0.395 e. The summed E-state index contributed by atoms with van der Waals surface area (Å²) in [5, 5.41) is 12.2. The number of β-amino-alcohol motifs (C(OH)–C–C–N with tert-alkyl or cyclic N) is 1. The molecule has 2 heterocycles. The van der Waals surface area contributed by atoms with Gasteiger partial charge in [-0.05, 0) is 18.1 Å². The summed E-state index contributed by atoms with van der Waals surface area (Å²) >= 11 is 13.3. The van der Waals surface area contributed by atoms with Crippen LogP contribution < -0.4 is 5.32 Å². The smallest absolute Gasteiger partial charge is 0.194 e. The van der Waals surface area contributed by atoms with Gasteiger partial charge in [-0.3, -0.25) is 4.99 Å². The van der Waals surface area contributed by atoms with E-state index >= 15 is 0 Å². The third kappa shape index (κ3) is 3.51. The van der Waals surface area contributed by atoms with Crippen molar-refractivity contribution >= 4 is 40.5 Å². The zero-order chi connectivity index (χ0) is 13.0. The average molecular weight is 308 g/mol. The summed E-state index contributed by atoms with van der Waals surface area (Å²) in [6, 6.07) is 1.90. The topological polar surface area (TPSA) is 47.9 Å². The average Bonchev–Trinajstić information content (AvgIpc) is 2.88. The first-order valence-corrected chi connectivity index (χ1v) is 7.36. The van der Waals surface area contributed by atoms with E-state index in [0.29, 0.717) is 6.54 Å². The van der Waals surface area contributed by atoms with Crippen molar-refractivity contribution in [1.29, 1.82) is 0 Å². The molecule has 0 atom stereocenters. The van der Waals surface area contributed by atoms with Gasteiger partial charge in [0.2, 0.25) is 0 Å². The molecule has 0 saturated carbocycles. The second kappa shape index (κ2) is 6.61. The molecule has 0 bridgehead atoms. The highest BCUT2D eigenvalue weighted by Crippen LogP contribution is 2.31. The third-order valence-electron chi connectivity index (χ3n) is 2.71. The molecule has 2 N–H and O–H groups in total. The Kier molecular flexibility index (Phi) is 5.12. The van der Waals surface area contributed by atoms with E-state index in [2.05, 4.69) is 10.3 Å². The largest absolute Gasteiger partial charge is 0.395 e. The van der Waals surface area contributed by atoms with Crippen LogP contribution in [0, 0.1) is 0 Å². The molecule has 1 aromatic rings. The van der Waals surface area contributed by atoms with Gasteiger partial charge in [0.1, 0.15) is 0 Å². The van der Waals surface area contributed by atoms with Crippen molar-refractivity contribution in [2.75, 3.05) is 32.8 Å². The lowest BCUT2D eigenvalue weighted by molar-refractivity contribution is 0.254. The molecule has 0 unspecified atom stereocenters. The van der Waals surface area contributed by atoms with E-state index in [9.17, 15) is 0 Å². The van der Waals surface area contributed by atoms with Crippen LogP contribution in [0.15, 0.2) is 11.1 Å². The van der Waals surface area contributed by atoms with E-state index in [1.807, 2.05) is 11.0 Å². The Labute approximate surface area is 120 Å². The van der Waals surface area contributed by atoms with Gasteiger partial charge in [-0.2, -0.15) is 0 Å². The summed E-state index contributed by atoms with van der Waals surface area (Å²) in [5.41, 5.74) is 1.06. The van der Waals surface area contributed by atoms with Gasteiger partial charge >= 0.3 is 0 Å². The van der Waals surface area contributed by atoms with E-state index < -0.39 is 0 Å². The molecule has 18 heavy (non-hydrogen) atoms. The Morgan fingerprint density at radius 3 is 3.00 bits per heavy atom. The minimum atomic E-state index is 0.146. The Bertz CT molecular complexity index is 436. The molecule has 100 valence electrons. The Balaban J connectivity index is 1.80. The number of hydrogen-bond donors (Lipinski definition) is 2. The quantitative estimate of drug-likeness (QED) is 0.873. The molecule has 1 aliphatic rings. The molecular weight excluding hydrogens is 293 g/mol. The highest BCUT2D eigenvalue weighted by Gasteiger charge is 2.15. The lowest BCUT2D eigenvalue weighted by Gasteiger charge is -2.19. The lowest BCUT2D eigenvalue weighted by Crippen LogP contribution is -2.40. The summed E-state index contributed by atoms with van der Waals surface area (Å²) in [4.78, 5) is 6.40. The van der Waals surface area contributed by atoms with Crippen molar-refractivity contribution in [3.05, 3.63) is 20.3 Å². The standard InChI is InChI=1S/C11H15Cl2N3OS/c12-9-7-8(10(13)18-9)1-2-14-11-15-3-4-16(11)5-6-17/h7,17H,1-6H2,(H,14,15). The van der Waals surface area contributed by atoms with Crippen LogP contribution in [-0.2, 0) is 6.42 Å². The zero-order valence-corrected chi connectivity index (χ0v) is 12.2. The number of nitrogens with one attached hydrogen (secondary N) is 1. The first-order chi connectivity index (χ1) is 8.70. The number of guanidine groups is 1. The van der Waals surface area contributed by atoms with Crippen LogP contribution in [0.1, 0.15) is 5.56 Å². The lowest BCUT2D eigenvalue weighted by atomic mass is 10.2. The summed E-state index contributed by atoms with van der Waals surface area (Å²) in [7, 11) is 0. The molecule has 2 rings (SSSR count). The zero-order valence-electron chi connectivity index (χ0n) is 9.83. The maximum absolute atomic E-state index is 8.93. The van der Waals surface area contributed by atoms with Crippen LogP contribution in [-0.4, -0.2) is 48.8 Å². The molecule has 0 fully saturated rings. The second-order valence-electron chi connectivity index (χ2n) is 3.94. The summed E-state index contributed by atoms with van der Waals surface area (Å²) < 4.78 is 1.47. The predicted octanol–water partition coefficient (Wildman–Crippen LogP) is 1.85. The van der Waals surface area contributed by atoms with Gasteiger partial charge in [-0.1, -0.05) is 23.2 Å². The molecule has 1 aromatic heterocycles. The number of nitrogens with zero attached hydrogens (tertiary/aromatic N) is 2. The maximum atomic E-state index is 8.93. The maximum Gasteiger partial charge on any atom is 0.194 e. The number of halogens is 2. The molecule has 0 spiro atoms. The SMILES string of the molecule is OCCN1CCN=C1NCCc1cc(Cl)sc1Cl. The van der Waals surface area contributed by atoms with Gasteiger partial charge in [-0.25, -0.2) is 0 Å². The number of thiophene rings is 1. The van der Waals surface area contributed by atoms with Crippen molar-refractivity contribution in [1.82, 2.24) is 10.2 Å². The fraction of sp³-hybridized carbons (Fsp3) is 0.545. The van der Waals surface area contributed by atoms with Crippen LogP contribution in [0.3, 0.4) is 0 Å². The molecule has 0 aliphatic carbocycles. The van der Waals surface area contributed by atoms with Crippen molar-refractivity contribution < 1.29 is 5.11 Å². The van der Waals surface area contributed by atoms with Crippen molar-refractivity contribution in [2.24, 2.45) is 4.99 Å².